The van der Waals surface area contributed by atoms with E-state index in [9.17, 15) is 9.59 Å². The number of anilines is 2. The Balaban J connectivity index is 1.76. The second-order valence-corrected chi connectivity index (χ2v) is 6.95. The van der Waals surface area contributed by atoms with E-state index in [2.05, 4.69) is 15.6 Å². The van der Waals surface area contributed by atoms with Crippen LogP contribution in [0.25, 0.3) is 10.2 Å². The molecule has 10 heteroatoms. The number of nitrogens with zero attached hydrogens (tertiary/aromatic N) is 1. The van der Waals surface area contributed by atoms with Crippen molar-refractivity contribution in [3.63, 3.8) is 0 Å². The van der Waals surface area contributed by atoms with E-state index in [0.29, 0.717) is 45.8 Å². The summed E-state index contributed by atoms with van der Waals surface area (Å²) < 4.78 is 21.6. The van der Waals surface area contributed by atoms with Gasteiger partial charge in [-0.2, -0.15) is 0 Å². The van der Waals surface area contributed by atoms with Crippen molar-refractivity contribution in [3.8, 4) is 17.2 Å². The van der Waals surface area contributed by atoms with Gasteiger partial charge in [0.2, 0.25) is 5.75 Å². The number of methoxy groups -OCH3 is 3. The molecular formula is C20H21N3O6S. The van der Waals surface area contributed by atoms with E-state index in [4.69, 9.17) is 18.9 Å². The van der Waals surface area contributed by atoms with Crippen molar-refractivity contribution in [2.45, 2.75) is 6.92 Å². The summed E-state index contributed by atoms with van der Waals surface area (Å²) in [6.07, 6.45) is 0. The van der Waals surface area contributed by atoms with Gasteiger partial charge >= 0.3 is 12.0 Å². The fourth-order valence-corrected chi connectivity index (χ4v) is 3.63. The van der Waals surface area contributed by atoms with Gasteiger partial charge in [0.25, 0.3) is 0 Å². The quantitative estimate of drug-likeness (QED) is 0.541. The molecule has 1 aromatic heterocycles. The predicted octanol–water partition coefficient (Wildman–Crippen LogP) is 4.14. The maximum Gasteiger partial charge on any atom is 0.338 e. The molecule has 0 spiro atoms. The van der Waals surface area contributed by atoms with Crippen LogP contribution in [0.5, 0.6) is 17.2 Å². The molecule has 9 nitrogen and oxygen atoms in total. The Bertz CT molecular complexity index is 1060. The van der Waals surface area contributed by atoms with Gasteiger partial charge in [0.15, 0.2) is 16.6 Å². The molecule has 0 saturated carbocycles. The van der Waals surface area contributed by atoms with E-state index < -0.39 is 12.0 Å². The zero-order valence-corrected chi connectivity index (χ0v) is 17.7. The van der Waals surface area contributed by atoms with Crippen molar-refractivity contribution in [1.82, 2.24) is 4.98 Å². The summed E-state index contributed by atoms with van der Waals surface area (Å²) in [7, 11) is 4.49. The third-order valence-electron chi connectivity index (χ3n) is 4.04. The van der Waals surface area contributed by atoms with Crippen molar-refractivity contribution < 1.29 is 28.5 Å². The fourth-order valence-electron chi connectivity index (χ4n) is 2.73. The van der Waals surface area contributed by atoms with Crippen LogP contribution in [0, 0.1) is 0 Å². The number of carbonyl (C=O) groups excluding carboxylic acids is 2. The van der Waals surface area contributed by atoms with Crippen molar-refractivity contribution >= 4 is 44.4 Å². The maximum atomic E-state index is 12.4. The maximum absolute atomic E-state index is 12.4. The summed E-state index contributed by atoms with van der Waals surface area (Å²) in [6, 6.07) is 7.78. The van der Waals surface area contributed by atoms with Crippen LogP contribution >= 0.6 is 11.3 Å². The number of carbonyl (C=O) groups is 2. The Morgan fingerprint density at radius 3 is 2.30 bits per heavy atom. The van der Waals surface area contributed by atoms with E-state index in [0.717, 1.165) is 4.70 Å². The summed E-state index contributed by atoms with van der Waals surface area (Å²) in [4.78, 5) is 28.7. The third kappa shape index (κ3) is 4.54. The van der Waals surface area contributed by atoms with Gasteiger partial charge in [-0.25, -0.2) is 14.6 Å². The zero-order chi connectivity index (χ0) is 21.7. The highest BCUT2D eigenvalue weighted by Crippen LogP contribution is 2.40. The lowest BCUT2D eigenvalue weighted by molar-refractivity contribution is 0.0526. The first-order valence-corrected chi connectivity index (χ1v) is 9.76. The number of aromatic nitrogens is 1. The highest BCUT2D eigenvalue weighted by atomic mass is 32.1. The van der Waals surface area contributed by atoms with Gasteiger partial charge in [-0.15, -0.1) is 0 Å². The number of urea groups is 1. The molecule has 3 rings (SSSR count). The van der Waals surface area contributed by atoms with Crippen LogP contribution in [-0.2, 0) is 4.74 Å². The molecule has 0 atom stereocenters. The molecule has 0 bridgehead atoms. The third-order valence-corrected chi connectivity index (χ3v) is 4.98. The normalized spacial score (nSPS) is 10.4. The Morgan fingerprint density at radius 1 is 1.00 bits per heavy atom. The highest BCUT2D eigenvalue weighted by molar-refractivity contribution is 7.22. The van der Waals surface area contributed by atoms with Gasteiger partial charge in [-0.1, -0.05) is 11.3 Å². The average molecular weight is 431 g/mol. The summed E-state index contributed by atoms with van der Waals surface area (Å²) in [6.45, 7) is 2.05. The number of thiazole rings is 1. The summed E-state index contributed by atoms with van der Waals surface area (Å²) in [5, 5.41) is 5.78. The molecule has 0 radical (unpaired) electrons. The number of nitrogens with one attached hydrogen (secondary N) is 2. The monoisotopic (exact) mass is 431 g/mol. The second-order valence-electron chi connectivity index (χ2n) is 5.92. The summed E-state index contributed by atoms with van der Waals surface area (Å²) in [5.74, 6) is 0.856. The van der Waals surface area contributed by atoms with Crippen LogP contribution in [0.2, 0.25) is 0 Å². The molecule has 2 N–H and O–H groups in total. The van der Waals surface area contributed by atoms with E-state index in [1.54, 1.807) is 37.3 Å². The van der Waals surface area contributed by atoms with Gasteiger partial charge < -0.3 is 24.3 Å². The van der Waals surface area contributed by atoms with Crippen molar-refractivity contribution in [3.05, 3.63) is 35.9 Å². The van der Waals surface area contributed by atoms with Gasteiger partial charge in [0.1, 0.15) is 0 Å². The number of amides is 2. The minimum atomic E-state index is -0.492. The molecule has 2 amide bonds. The molecule has 3 aromatic rings. The van der Waals surface area contributed by atoms with Gasteiger partial charge in [0.05, 0.1) is 49.4 Å². The number of fused-ring (bicyclic) bond motifs is 1. The predicted molar refractivity (Wildman–Crippen MR) is 114 cm³/mol. The lowest BCUT2D eigenvalue weighted by Gasteiger charge is -2.14. The molecule has 0 fully saturated rings. The minimum absolute atomic E-state index is 0.299. The lowest BCUT2D eigenvalue weighted by atomic mass is 10.2. The van der Waals surface area contributed by atoms with Gasteiger partial charge in [-0.3, -0.25) is 5.32 Å². The fraction of sp³-hybridized carbons (Fsp3) is 0.250. The number of hydrogen-bond acceptors (Lipinski definition) is 8. The molecule has 0 aliphatic carbocycles. The number of hydrogen-bond donors (Lipinski definition) is 2. The van der Waals surface area contributed by atoms with Crippen molar-refractivity contribution in [2.75, 3.05) is 38.6 Å². The molecule has 1 heterocycles. The molecule has 30 heavy (non-hydrogen) atoms. The topological polar surface area (TPSA) is 108 Å². The highest BCUT2D eigenvalue weighted by Gasteiger charge is 2.16. The van der Waals surface area contributed by atoms with Crippen molar-refractivity contribution in [2.24, 2.45) is 0 Å². The lowest BCUT2D eigenvalue weighted by Crippen LogP contribution is -2.19. The van der Waals surface area contributed by atoms with Gasteiger partial charge in [-0.05, 0) is 25.1 Å². The Hall–Kier alpha value is -3.53. The first-order valence-electron chi connectivity index (χ1n) is 8.94. The Morgan fingerprint density at radius 2 is 1.70 bits per heavy atom. The number of benzene rings is 2. The van der Waals surface area contributed by atoms with E-state index in [1.807, 2.05) is 0 Å². The van der Waals surface area contributed by atoms with Crippen LogP contribution < -0.4 is 24.8 Å². The van der Waals surface area contributed by atoms with Crippen LogP contribution in [0.1, 0.15) is 17.3 Å². The summed E-state index contributed by atoms with van der Waals surface area (Å²) >= 11 is 1.25. The van der Waals surface area contributed by atoms with Crippen LogP contribution in [0.4, 0.5) is 15.6 Å². The molecule has 0 aliphatic heterocycles. The molecule has 158 valence electrons. The van der Waals surface area contributed by atoms with Crippen LogP contribution in [0.3, 0.4) is 0 Å². The standard InChI is InChI=1S/C20H21N3O6S/c1-5-29-18(24)11-6-7-13-16(8-11)30-20(22-13)23-19(25)21-12-9-14(26-2)17(28-4)15(10-12)27-3/h6-10H,5H2,1-4H3,(H2,21,22,23,25). The number of esters is 1. The van der Waals surface area contributed by atoms with Crippen LogP contribution in [-0.4, -0.2) is 44.9 Å². The zero-order valence-electron chi connectivity index (χ0n) is 16.9. The SMILES string of the molecule is CCOC(=O)c1ccc2nc(NC(=O)Nc3cc(OC)c(OC)c(OC)c3)sc2c1. The minimum Gasteiger partial charge on any atom is -0.493 e. The summed E-state index contributed by atoms with van der Waals surface area (Å²) in [5.41, 5.74) is 1.55. The van der Waals surface area contributed by atoms with E-state index in [1.165, 1.54) is 32.7 Å². The van der Waals surface area contributed by atoms with E-state index >= 15 is 0 Å². The molecular weight excluding hydrogens is 410 g/mol. The Labute approximate surface area is 176 Å². The molecule has 0 saturated heterocycles. The largest absolute Gasteiger partial charge is 0.493 e. The smallest absolute Gasteiger partial charge is 0.338 e. The van der Waals surface area contributed by atoms with Gasteiger partial charge in [0, 0.05) is 12.1 Å². The molecule has 2 aromatic carbocycles. The molecule has 0 aliphatic rings. The average Bonchev–Trinajstić information content (AvgIpc) is 3.14. The first-order chi connectivity index (χ1) is 14.5. The number of rotatable bonds is 7. The van der Waals surface area contributed by atoms with Crippen molar-refractivity contribution in [1.29, 1.82) is 0 Å². The number of ether oxygens (including phenoxy) is 4. The van der Waals surface area contributed by atoms with E-state index in [-0.39, 0.29) is 0 Å². The Kier molecular flexibility index (Phi) is 6.58. The van der Waals surface area contributed by atoms with Crippen LogP contribution in [0.15, 0.2) is 30.3 Å². The molecule has 0 unspecified atom stereocenters. The second kappa shape index (κ2) is 9.31. The first kappa shape index (κ1) is 21.2.